The first-order chi connectivity index (χ1) is 9.27. The van der Waals surface area contributed by atoms with Gasteiger partial charge < -0.3 is 10.1 Å². The van der Waals surface area contributed by atoms with Crippen molar-refractivity contribution in [3.05, 3.63) is 35.1 Å². The van der Waals surface area contributed by atoms with Gasteiger partial charge in [0.05, 0.1) is 7.11 Å². The van der Waals surface area contributed by atoms with E-state index in [2.05, 4.69) is 10.1 Å². The van der Waals surface area contributed by atoms with Crippen molar-refractivity contribution in [2.75, 3.05) is 7.11 Å². The molecule has 0 heterocycles. The average Bonchev–Trinajstić information content (AvgIpc) is 2.39. The fourth-order valence-corrected chi connectivity index (χ4v) is 1.54. The molecule has 1 atom stereocenters. The number of esters is 1. The van der Waals surface area contributed by atoms with Gasteiger partial charge in [-0.15, -0.1) is 0 Å². The van der Waals surface area contributed by atoms with E-state index in [9.17, 15) is 22.8 Å². The quantitative estimate of drug-likeness (QED) is 0.681. The fourth-order valence-electron chi connectivity index (χ4n) is 1.54. The van der Waals surface area contributed by atoms with Crippen LogP contribution in [0.3, 0.4) is 0 Å². The van der Waals surface area contributed by atoms with Gasteiger partial charge >= 0.3 is 5.97 Å². The van der Waals surface area contributed by atoms with E-state index in [1.807, 2.05) is 0 Å². The number of hydrogen-bond acceptors (Lipinski definition) is 3. The number of carbonyl (C=O) groups excluding carboxylic acids is 2. The summed E-state index contributed by atoms with van der Waals surface area (Å²) in [5.41, 5.74) is -0.420. The van der Waals surface area contributed by atoms with E-state index in [1.54, 1.807) is 13.8 Å². The lowest BCUT2D eigenvalue weighted by molar-refractivity contribution is -0.144. The monoisotopic (exact) mass is 289 g/mol. The highest BCUT2D eigenvalue weighted by Gasteiger charge is 2.26. The number of halogens is 3. The predicted molar refractivity (Wildman–Crippen MR) is 64.4 cm³/mol. The zero-order valence-corrected chi connectivity index (χ0v) is 11.2. The van der Waals surface area contributed by atoms with Crippen molar-refractivity contribution in [1.29, 1.82) is 0 Å². The normalized spacial score (nSPS) is 12.2. The molecule has 0 fully saturated rings. The molecule has 7 heteroatoms. The molecule has 0 saturated carbocycles. The Balaban J connectivity index is 2.98. The summed E-state index contributed by atoms with van der Waals surface area (Å²) in [6.45, 7) is 3.32. The van der Waals surface area contributed by atoms with Crippen molar-refractivity contribution in [3.8, 4) is 0 Å². The number of hydrogen-bond donors (Lipinski definition) is 1. The van der Waals surface area contributed by atoms with Crippen molar-refractivity contribution in [3.63, 3.8) is 0 Å². The maximum Gasteiger partial charge on any atom is 0.328 e. The molecule has 0 spiro atoms. The number of ether oxygens (including phenoxy) is 1. The Labute approximate surface area is 113 Å². The van der Waals surface area contributed by atoms with Crippen molar-refractivity contribution >= 4 is 11.9 Å². The summed E-state index contributed by atoms with van der Waals surface area (Å²) in [6, 6.07) is 0.147. The number of methoxy groups -OCH3 is 1. The molecule has 1 rings (SSSR count). The maximum absolute atomic E-state index is 13.0. The second kappa shape index (κ2) is 6.40. The highest BCUT2D eigenvalue weighted by molar-refractivity contribution is 5.96. The Kier molecular flexibility index (Phi) is 5.12. The molecule has 4 nitrogen and oxygen atoms in total. The summed E-state index contributed by atoms with van der Waals surface area (Å²) in [4.78, 5) is 23.3. The Hall–Kier alpha value is -2.05. The smallest absolute Gasteiger partial charge is 0.328 e. The van der Waals surface area contributed by atoms with Crippen molar-refractivity contribution < 1.29 is 27.5 Å². The van der Waals surface area contributed by atoms with E-state index >= 15 is 0 Å². The number of carbonyl (C=O) groups is 2. The maximum atomic E-state index is 13.0. The van der Waals surface area contributed by atoms with Gasteiger partial charge in [-0.2, -0.15) is 0 Å². The lowest BCUT2D eigenvalue weighted by atomic mass is 10.0. The van der Waals surface area contributed by atoms with Crippen LogP contribution in [-0.2, 0) is 9.53 Å². The van der Waals surface area contributed by atoms with Gasteiger partial charge in [0, 0.05) is 5.56 Å². The first-order valence-electron chi connectivity index (χ1n) is 5.81. The second-order valence-corrected chi connectivity index (χ2v) is 4.47. The molecule has 0 aliphatic heterocycles. The standard InChI is InChI=1S/C13H14F3NO3/c1-6(2)11(13(19)20-3)17-12(18)7-4-8(14)10(16)9(15)5-7/h4-6,11H,1-3H3,(H,17,18)/t11-/m0/s1. The minimum absolute atomic E-state index is 0.290. The summed E-state index contributed by atoms with van der Waals surface area (Å²) >= 11 is 0. The third-order valence-electron chi connectivity index (χ3n) is 2.65. The topological polar surface area (TPSA) is 55.4 Å². The molecule has 1 N–H and O–H groups in total. The summed E-state index contributed by atoms with van der Waals surface area (Å²) in [5, 5.41) is 2.29. The van der Waals surface area contributed by atoms with Crippen LogP contribution in [0, 0.1) is 23.4 Å². The Morgan fingerprint density at radius 3 is 2.05 bits per heavy atom. The SMILES string of the molecule is COC(=O)[C@@H](NC(=O)c1cc(F)c(F)c(F)c1)C(C)C. The van der Waals surface area contributed by atoms with Gasteiger partial charge in [-0.3, -0.25) is 4.79 Å². The Morgan fingerprint density at radius 1 is 1.15 bits per heavy atom. The molecule has 0 radical (unpaired) electrons. The molecular formula is C13H14F3NO3. The van der Waals surface area contributed by atoms with Gasteiger partial charge in [-0.05, 0) is 18.1 Å². The van der Waals surface area contributed by atoms with Gasteiger partial charge in [0.15, 0.2) is 17.5 Å². The fraction of sp³-hybridized carbons (Fsp3) is 0.385. The molecule has 0 bridgehead atoms. The van der Waals surface area contributed by atoms with Gasteiger partial charge in [-0.25, -0.2) is 18.0 Å². The highest BCUT2D eigenvalue weighted by Crippen LogP contribution is 2.14. The molecule has 0 unspecified atom stereocenters. The molecule has 1 aromatic rings. The second-order valence-electron chi connectivity index (χ2n) is 4.47. The van der Waals surface area contributed by atoms with E-state index in [0.717, 1.165) is 7.11 Å². The zero-order valence-electron chi connectivity index (χ0n) is 11.2. The van der Waals surface area contributed by atoms with Crippen LogP contribution < -0.4 is 5.32 Å². The van der Waals surface area contributed by atoms with Gasteiger partial charge in [-0.1, -0.05) is 13.8 Å². The van der Waals surface area contributed by atoms with Gasteiger partial charge in [0.2, 0.25) is 0 Å². The Bertz CT molecular complexity index is 509. The lowest BCUT2D eigenvalue weighted by Gasteiger charge is -2.19. The third-order valence-corrected chi connectivity index (χ3v) is 2.65. The molecule has 0 aliphatic carbocycles. The molecular weight excluding hydrogens is 275 g/mol. The number of amides is 1. The van der Waals surface area contributed by atoms with E-state index in [4.69, 9.17) is 0 Å². The van der Waals surface area contributed by atoms with Crippen molar-refractivity contribution in [2.24, 2.45) is 5.92 Å². The Morgan fingerprint density at radius 2 is 1.65 bits per heavy atom. The van der Waals surface area contributed by atoms with E-state index in [1.165, 1.54) is 0 Å². The van der Waals surface area contributed by atoms with Crippen LogP contribution >= 0.6 is 0 Å². The first-order valence-corrected chi connectivity index (χ1v) is 5.81. The van der Waals surface area contributed by atoms with E-state index < -0.39 is 40.9 Å². The van der Waals surface area contributed by atoms with Crippen LogP contribution in [0.2, 0.25) is 0 Å². The van der Waals surface area contributed by atoms with Gasteiger partial charge in [0.25, 0.3) is 5.91 Å². The predicted octanol–water partition coefficient (Wildman–Crippen LogP) is 2.03. The summed E-state index contributed by atoms with van der Waals surface area (Å²) < 4.78 is 43.4. The van der Waals surface area contributed by atoms with Crippen LogP contribution in [0.1, 0.15) is 24.2 Å². The first kappa shape index (κ1) is 16.0. The summed E-state index contributed by atoms with van der Waals surface area (Å²) in [6.07, 6.45) is 0. The van der Waals surface area contributed by atoms with Crippen molar-refractivity contribution in [1.82, 2.24) is 5.32 Å². The van der Waals surface area contributed by atoms with E-state index in [0.29, 0.717) is 12.1 Å². The third kappa shape index (κ3) is 3.49. The lowest BCUT2D eigenvalue weighted by Crippen LogP contribution is -2.45. The minimum atomic E-state index is -1.66. The van der Waals surface area contributed by atoms with E-state index in [-0.39, 0.29) is 5.92 Å². The zero-order chi connectivity index (χ0) is 15.4. The number of rotatable bonds is 4. The largest absolute Gasteiger partial charge is 0.467 e. The molecule has 1 amide bonds. The summed E-state index contributed by atoms with van der Waals surface area (Å²) in [7, 11) is 1.15. The molecule has 0 aromatic heterocycles. The minimum Gasteiger partial charge on any atom is -0.467 e. The van der Waals surface area contributed by atoms with Gasteiger partial charge in [0.1, 0.15) is 6.04 Å². The number of nitrogens with one attached hydrogen (secondary N) is 1. The molecule has 0 aliphatic rings. The summed E-state index contributed by atoms with van der Waals surface area (Å²) in [5.74, 6) is -6.48. The van der Waals surface area contributed by atoms with Crippen LogP contribution in [-0.4, -0.2) is 25.0 Å². The van der Waals surface area contributed by atoms with Crippen LogP contribution in [0.15, 0.2) is 12.1 Å². The molecule has 0 saturated heterocycles. The molecule has 110 valence electrons. The highest BCUT2D eigenvalue weighted by atomic mass is 19.2. The number of benzene rings is 1. The molecule has 20 heavy (non-hydrogen) atoms. The van der Waals surface area contributed by atoms with Crippen LogP contribution in [0.4, 0.5) is 13.2 Å². The average molecular weight is 289 g/mol. The van der Waals surface area contributed by atoms with Crippen molar-refractivity contribution in [2.45, 2.75) is 19.9 Å². The van der Waals surface area contributed by atoms with Crippen LogP contribution in [0.5, 0.6) is 0 Å². The molecule has 1 aromatic carbocycles. The van der Waals surface area contributed by atoms with Crippen LogP contribution in [0.25, 0.3) is 0 Å².